The Labute approximate surface area is 222 Å². The largest absolute Gasteiger partial charge is 2.00 e. The summed E-state index contributed by atoms with van der Waals surface area (Å²) >= 11 is 9.34. The molecule has 0 aliphatic carbocycles. The topological polar surface area (TPSA) is 66.4 Å². The molecule has 33 heavy (non-hydrogen) atoms. The quantitative estimate of drug-likeness (QED) is 0.205. The van der Waals surface area contributed by atoms with Crippen molar-refractivity contribution >= 4 is 25.3 Å². The molecule has 0 radical (unpaired) electrons. The average Bonchev–Trinajstić information content (AvgIpc) is 2.83. The molecule has 0 unspecified atom stereocenters. The summed E-state index contributed by atoms with van der Waals surface area (Å²) < 4.78 is 26.2. The standard InChI is InChI=1S/C14H22O4S.C6H6O.C4H10OS.Zn/c19-13-12-17-9-8-15-6-7-16-10-11-18-14-4-2-1-3-5-14;7-6-4-2-1-3-5-6;1-2-5-3-4-6;/h1-5,19H,6-13H2;1-5,7H;6H,2-4H2,1H3;/q;;;+2/p-2. The van der Waals surface area contributed by atoms with Gasteiger partial charge in [0.25, 0.3) is 0 Å². The fraction of sp³-hybridized carbons (Fsp3) is 0.500. The van der Waals surface area contributed by atoms with Crippen molar-refractivity contribution in [1.82, 2.24) is 0 Å². The van der Waals surface area contributed by atoms with E-state index in [4.69, 9.17) is 41.4 Å². The number of hydrogen-bond donors (Lipinski definition) is 1. The van der Waals surface area contributed by atoms with Gasteiger partial charge in [-0.1, -0.05) is 36.4 Å². The zero-order chi connectivity index (χ0) is 23.5. The summed E-state index contributed by atoms with van der Waals surface area (Å²) in [4.78, 5) is 0. The van der Waals surface area contributed by atoms with Crippen LogP contribution in [0.1, 0.15) is 6.92 Å². The zero-order valence-corrected chi connectivity index (χ0v) is 24.2. The molecule has 0 aliphatic rings. The summed E-state index contributed by atoms with van der Waals surface area (Å²) in [5.74, 6) is 2.53. The molecule has 9 heteroatoms. The fourth-order valence-electron chi connectivity index (χ4n) is 1.97. The second-order valence-corrected chi connectivity index (χ2v) is 6.76. The Morgan fingerprint density at radius 3 is 1.42 bits per heavy atom. The number of phenols is 1. The number of rotatable bonds is 15. The predicted molar refractivity (Wildman–Crippen MR) is 133 cm³/mol. The minimum atomic E-state index is 0. The molecular formula is C24H36O6S2Zn. The zero-order valence-electron chi connectivity index (χ0n) is 19.6. The van der Waals surface area contributed by atoms with Crippen LogP contribution in [0, 0.1) is 0 Å². The molecule has 0 heterocycles. The third-order valence-electron chi connectivity index (χ3n) is 3.40. The second kappa shape index (κ2) is 29.2. The van der Waals surface area contributed by atoms with Crippen molar-refractivity contribution in [1.29, 1.82) is 0 Å². The van der Waals surface area contributed by atoms with E-state index in [1.165, 1.54) is 0 Å². The molecule has 0 saturated heterocycles. The van der Waals surface area contributed by atoms with E-state index in [9.17, 15) is 0 Å². The molecule has 182 valence electrons. The van der Waals surface area contributed by atoms with Crippen molar-refractivity contribution < 1.29 is 48.3 Å². The van der Waals surface area contributed by atoms with Gasteiger partial charge in [-0.15, -0.1) is 0 Å². The van der Waals surface area contributed by atoms with Gasteiger partial charge in [-0.25, -0.2) is 0 Å². The molecule has 0 bridgehead atoms. The molecule has 1 N–H and O–H groups in total. The molecule has 0 spiro atoms. The summed E-state index contributed by atoms with van der Waals surface area (Å²) in [6, 6.07) is 18.4. The second-order valence-electron chi connectivity index (χ2n) is 5.94. The van der Waals surface area contributed by atoms with Crippen LogP contribution in [0.3, 0.4) is 0 Å². The van der Waals surface area contributed by atoms with E-state index in [-0.39, 0.29) is 19.5 Å². The van der Waals surface area contributed by atoms with Gasteiger partial charge < -0.3 is 54.0 Å². The average molecular weight is 550 g/mol. The van der Waals surface area contributed by atoms with Gasteiger partial charge in [0, 0.05) is 19.8 Å². The van der Waals surface area contributed by atoms with Crippen molar-refractivity contribution in [2.24, 2.45) is 0 Å². The van der Waals surface area contributed by atoms with Gasteiger partial charge in [0.2, 0.25) is 0 Å². The van der Waals surface area contributed by atoms with E-state index < -0.39 is 0 Å². The molecule has 2 aromatic rings. The Morgan fingerprint density at radius 2 is 1.03 bits per heavy atom. The number of aromatic hydroxyl groups is 1. The summed E-state index contributed by atoms with van der Waals surface area (Å²) in [5.41, 5.74) is 0. The maximum atomic E-state index is 8.63. The monoisotopic (exact) mass is 548 g/mol. The number of phenolic OH excluding ortho intramolecular Hbond substituents is 1. The summed E-state index contributed by atoms with van der Waals surface area (Å²) in [6.07, 6.45) is 0. The number of benzene rings is 2. The molecule has 0 aliphatic heterocycles. The van der Waals surface area contributed by atoms with Crippen LogP contribution in [-0.2, 0) is 63.7 Å². The van der Waals surface area contributed by atoms with Crippen LogP contribution in [0.15, 0.2) is 60.7 Å². The minimum absolute atomic E-state index is 0. The van der Waals surface area contributed by atoms with Gasteiger partial charge in [-0.3, -0.25) is 0 Å². The summed E-state index contributed by atoms with van der Waals surface area (Å²) in [5, 5.41) is 8.63. The van der Waals surface area contributed by atoms with Crippen LogP contribution >= 0.6 is 0 Å². The van der Waals surface area contributed by atoms with Crippen LogP contribution in [0.5, 0.6) is 11.5 Å². The van der Waals surface area contributed by atoms with Gasteiger partial charge in [-0.2, -0.15) is 11.5 Å². The first-order valence-corrected chi connectivity index (χ1v) is 11.8. The van der Waals surface area contributed by atoms with E-state index in [0.717, 1.165) is 19.0 Å². The number of hydrogen-bond acceptors (Lipinski definition) is 8. The van der Waals surface area contributed by atoms with E-state index in [1.54, 1.807) is 24.3 Å². The van der Waals surface area contributed by atoms with Gasteiger partial charge >= 0.3 is 19.5 Å². The molecule has 6 nitrogen and oxygen atoms in total. The first-order chi connectivity index (χ1) is 15.7. The maximum Gasteiger partial charge on any atom is 2.00 e. The first kappa shape index (κ1) is 34.4. The third-order valence-corrected chi connectivity index (χ3v) is 3.73. The number of para-hydroxylation sites is 2. The molecule has 2 aromatic carbocycles. The Hall–Kier alpha value is -0.797. The summed E-state index contributed by atoms with van der Waals surface area (Å²) in [7, 11) is 0. The van der Waals surface area contributed by atoms with Gasteiger partial charge in [0.05, 0.1) is 33.0 Å². The molecule has 0 aromatic heterocycles. The Morgan fingerprint density at radius 1 is 0.606 bits per heavy atom. The molecule has 0 amide bonds. The maximum absolute atomic E-state index is 8.63. The Balaban J connectivity index is 0. The van der Waals surface area contributed by atoms with Crippen molar-refractivity contribution in [3.63, 3.8) is 0 Å². The van der Waals surface area contributed by atoms with Gasteiger partial charge in [0.15, 0.2) is 0 Å². The smallest absolute Gasteiger partial charge is 0.790 e. The van der Waals surface area contributed by atoms with Crippen LogP contribution in [0.25, 0.3) is 0 Å². The SMILES string of the molecule is CCOCC[S-].Oc1ccccc1.[S-]CCOCCOCCOCCOc1ccccc1.[Zn+2]. The van der Waals surface area contributed by atoms with Crippen molar-refractivity contribution in [2.75, 3.05) is 71.0 Å². The Bertz CT molecular complexity index is 592. The van der Waals surface area contributed by atoms with Crippen LogP contribution < -0.4 is 4.74 Å². The fourth-order valence-corrected chi connectivity index (χ4v) is 2.20. The Kier molecular flexibility index (Phi) is 30.5. The number of ether oxygens (including phenoxy) is 5. The van der Waals surface area contributed by atoms with Crippen molar-refractivity contribution in [3.05, 3.63) is 60.7 Å². The van der Waals surface area contributed by atoms with E-state index in [1.807, 2.05) is 43.3 Å². The predicted octanol–water partition coefficient (Wildman–Crippen LogP) is 3.62. The first-order valence-electron chi connectivity index (χ1n) is 10.6. The van der Waals surface area contributed by atoms with Crippen molar-refractivity contribution in [3.8, 4) is 11.5 Å². The molecule has 2 rings (SSSR count). The molecule has 0 saturated carbocycles. The van der Waals surface area contributed by atoms with Crippen LogP contribution in [0.2, 0.25) is 0 Å². The van der Waals surface area contributed by atoms with E-state index in [0.29, 0.717) is 63.5 Å². The normalized spacial score (nSPS) is 9.55. The molecule has 0 atom stereocenters. The van der Waals surface area contributed by atoms with E-state index in [2.05, 4.69) is 12.6 Å². The molecule has 0 fully saturated rings. The van der Waals surface area contributed by atoms with Crippen molar-refractivity contribution in [2.45, 2.75) is 6.92 Å². The molecular weight excluding hydrogens is 514 g/mol. The third kappa shape index (κ3) is 27.3. The van der Waals surface area contributed by atoms with Gasteiger partial charge in [0.1, 0.15) is 18.1 Å². The minimum Gasteiger partial charge on any atom is -0.790 e. The van der Waals surface area contributed by atoms with Crippen LogP contribution in [-0.4, -0.2) is 76.1 Å². The van der Waals surface area contributed by atoms with Crippen LogP contribution in [0.4, 0.5) is 0 Å². The van der Waals surface area contributed by atoms with E-state index >= 15 is 0 Å². The van der Waals surface area contributed by atoms with Gasteiger partial charge in [-0.05, 0) is 31.2 Å². The summed E-state index contributed by atoms with van der Waals surface area (Å²) in [6.45, 7) is 7.52.